The van der Waals surface area contributed by atoms with Gasteiger partial charge in [-0.3, -0.25) is 9.18 Å². The summed E-state index contributed by atoms with van der Waals surface area (Å²) in [5.74, 6) is 0.985. The molecule has 5 nitrogen and oxygen atoms in total. The molecule has 2 aliphatic heterocycles. The number of aryl methyl sites for hydroxylation is 1. The Bertz CT molecular complexity index is 511. The average Bonchev–Trinajstić information content (AvgIpc) is 3.11. The van der Waals surface area contributed by atoms with E-state index in [9.17, 15) is 9.18 Å². The van der Waals surface area contributed by atoms with Gasteiger partial charge in [0.15, 0.2) is 0 Å². The fourth-order valence-corrected chi connectivity index (χ4v) is 3.52. The standard InChI is InChI=1S/C16H24FN3O2/c1-12-8-15(22-18-12)4-7-19-5-2-14(3-6-19)20-11-13(10-17)9-16(20)21/h8,13-14H,2-7,9-11H2,1H3. The van der Waals surface area contributed by atoms with Gasteiger partial charge in [0.05, 0.1) is 12.4 Å². The molecule has 0 saturated carbocycles. The van der Waals surface area contributed by atoms with Gasteiger partial charge in [0, 0.05) is 57.0 Å². The van der Waals surface area contributed by atoms with E-state index in [1.807, 2.05) is 17.9 Å². The Morgan fingerprint density at radius 1 is 1.41 bits per heavy atom. The molecule has 2 aliphatic rings. The van der Waals surface area contributed by atoms with Crippen molar-refractivity contribution in [2.24, 2.45) is 5.92 Å². The molecule has 6 heteroatoms. The van der Waals surface area contributed by atoms with Crippen LogP contribution < -0.4 is 0 Å². The predicted molar refractivity (Wildman–Crippen MR) is 80.2 cm³/mol. The van der Waals surface area contributed by atoms with Crippen LogP contribution in [0.3, 0.4) is 0 Å². The first-order valence-corrected chi connectivity index (χ1v) is 8.15. The number of alkyl halides is 1. The number of likely N-dealkylation sites (tertiary alicyclic amines) is 2. The summed E-state index contributed by atoms with van der Waals surface area (Å²) in [6.07, 6.45) is 3.24. The van der Waals surface area contributed by atoms with E-state index >= 15 is 0 Å². The summed E-state index contributed by atoms with van der Waals surface area (Å²) in [5, 5.41) is 3.90. The molecule has 1 amide bonds. The molecule has 1 atom stereocenters. The van der Waals surface area contributed by atoms with Crippen molar-refractivity contribution in [3.8, 4) is 0 Å². The van der Waals surface area contributed by atoms with Crippen LogP contribution in [0.15, 0.2) is 10.6 Å². The number of amides is 1. The molecule has 0 aromatic carbocycles. The zero-order chi connectivity index (χ0) is 15.5. The number of carbonyl (C=O) groups is 1. The molecular formula is C16H24FN3O2. The molecule has 3 heterocycles. The van der Waals surface area contributed by atoms with Gasteiger partial charge in [0.1, 0.15) is 5.76 Å². The Balaban J connectivity index is 1.43. The minimum atomic E-state index is -0.377. The minimum Gasteiger partial charge on any atom is -0.361 e. The monoisotopic (exact) mass is 309 g/mol. The number of hydrogen-bond donors (Lipinski definition) is 0. The van der Waals surface area contributed by atoms with Crippen molar-refractivity contribution in [3.05, 3.63) is 17.5 Å². The van der Waals surface area contributed by atoms with Gasteiger partial charge in [-0.15, -0.1) is 0 Å². The summed E-state index contributed by atoms with van der Waals surface area (Å²) < 4.78 is 18.0. The minimum absolute atomic E-state index is 0.0831. The van der Waals surface area contributed by atoms with E-state index in [1.165, 1.54) is 0 Å². The van der Waals surface area contributed by atoms with E-state index < -0.39 is 0 Å². The number of nitrogens with zero attached hydrogens (tertiary/aromatic N) is 3. The predicted octanol–water partition coefficient (Wildman–Crippen LogP) is 1.81. The Hall–Kier alpha value is -1.43. The topological polar surface area (TPSA) is 49.6 Å². The van der Waals surface area contributed by atoms with Gasteiger partial charge < -0.3 is 14.3 Å². The molecule has 0 aliphatic carbocycles. The SMILES string of the molecule is Cc1cc(CCN2CCC(N3CC(CF)CC3=O)CC2)on1. The van der Waals surface area contributed by atoms with Crippen LogP contribution in [0.5, 0.6) is 0 Å². The smallest absolute Gasteiger partial charge is 0.223 e. The highest BCUT2D eigenvalue weighted by molar-refractivity contribution is 5.79. The lowest BCUT2D eigenvalue weighted by molar-refractivity contribution is -0.130. The van der Waals surface area contributed by atoms with Crippen LogP contribution in [0.2, 0.25) is 0 Å². The number of hydrogen-bond acceptors (Lipinski definition) is 4. The van der Waals surface area contributed by atoms with Crippen molar-refractivity contribution in [2.45, 2.75) is 38.6 Å². The highest BCUT2D eigenvalue weighted by Crippen LogP contribution is 2.25. The van der Waals surface area contributed by atoms with Crippen molar-refractivity contribution in [3.63, 3.8) is 0 Å². The van der Waals surface area contributed by atoms with Gasteiger partial charge in [-0.05, 0) is 19.8 Å². The number of piperidine rings is 1. The van der Waals surface area contributed by atoms with Crippen molar-refractivity contribution < 1.29 is 13.7 Å². The van der Waals surface area contributed by atoms with E-state index in [-0.39, 0.29) is 18.5 Å². The van der Waals surface area contributed by atoms with Gasteiger partial charge in [-0.1, -0.05) is 5.16 Å². The highest BCUT2D eigenvalue weighted by Gasteiger charge is 2.35. The normalized spacial score (nSPS) is 24.4. The van der Waals surface area contributed by atoms with Crippen molar-refractivity contribution >= 4 is 5.91 Å². The maximum absolute atomic E-state index is 12.7. The van der Waals surface area contributed by atoms with E-state index in [0.29, 0.717) is 19.0 Å². The van der Waals surface area contributed by atoms with E-state index in [1.54, 1.807) is 0 Å². The molecule has 0 radical (unpaired) electrons. The summed E-state index contributed by atoms with van der Waals surface area (Å²) >= 11 is 0. The summed E-state index contributed by atoms with van der Waals surface area (Å²) in [6.45, 7) is 5.09. The number of carbonyl (C=O) groups excluding carboxylic acids is 1. The largest absolute Gasteiger partial charge is 0.361 e. The molecule has 122 valence electrons. The molecule has 22 heavy (non-hydrogen) atoms. The summed E-state index contributed by atoms with van der Waals surface area (Å²) in [6, 6.07) is 2.28. The fourth-order valence-electron chi connectivity index (χ4n) is 3.52. The van der Waals surface area contributed by atoms with Gasteiger partial charge in [0.2, 0.25) is 5.91 Å². The second-order valence-electron chi connectivity index (χ2n) is 6.53. The maximum Gasteiger partial charge on any atom is 0.223 e. The molecule has 3 rings (SSSR count). The van der Waals surface area contributed by atoms with Crippen LogP contribution in [-0.2, 0) is 11.2 Å². The number of aromatic nitrogens is 1. The number of rotatable bonds is 5. The van der Waals surface area contributed by atoms with E-state index in [4.69, 9.17) is 4.52 Å². The third kappa shape index (κ3) is 3.48. The van der Waals surface area contributed by atoms with Crippen LogP contribution in [-0.4, -0.2) is 59.8 Å². The van der Waals surface area contributed by atoms with Gasteiger partial charge in [0.25, 0.3) is 0 Å². The quantitative estimate of drug-likeness (QED) is 0.832. The maximum atomic E-state index is 12.7. The summed E-state index contributed by atoms with van der Waals surface area (Å²) in [5.41, 5.74) is 0.920. The summed E-state index contributed by atoms with van der Waals surface area (Å²) in [4.78, 5) is 16.3. The first-order chi connectivity index (χ1) is 10.7. The molecule has 2 fully saturated rings. The second kappa shape index (κ2) is 6.77. The third-order valence-corrected chi connectivity index (χ3v) is 4.81. The van der Waals surface area contributed by atoms with Gasteiger partial charge in [-0.2, -0.15) is 0 Å². The van der Waals surface area contributed by atoms with Crippen LogP contribution in [0.25, 0.3) is 0 Å². The van der Waals surface area contributed by atoms with Crippen LogP contribution in [0.4, 0.5) is 4.39 Å². The van der Waals surface area contributed by atoms with Crippen molar-refractivity contribution in [1.29, 1.82) is 0 Å². The lowest BCUT2D eigenvalue weighted by Crippen LogP contribution is -2.46. The Morgan fingerprint density at radius 2 is 2.18 bits per heavy atom. The molecule has 0 bridgehead atoms. The molecule has 0 N–H and O–H groups in total. The zero-order valence-electron chi connectivity index (χ0n) is 13.1. The van der Waals surface area contributed by atoms with Crippen molar-refractivity contribution in [2.75, 3.05) is 32.9 Å². The zero-order valence-corrected chi connectivity index (χ0v) is 13.1. The van der Waals surface area contributed by atoms with Crippen LogP contribution in [0, 0.1) is 12.8 Å². The van der Waals surface area contributed by atoms with Crippen molar-refractivity contribution in [1.82, 2.24) is 15.0 Å². The Morgan fingerprint density at radius 3 is 2.77 bits per heavy atom. The van der Waals surface area contributed by atoms with Gasteiger partial charge >= 0.3 is 0 Å². The molecule has 1 unspecified atom stereocenters. The third-order valence-electron chi connectivity index (χ3n) is 4.81. The molecule has 1 aromatic rings. The van der Waals surface area contributed by atoms with Crippen LogP contribution in [0.1, 0.15) is 30.7 Å². The molecule has 0 spiro atoms. The first kappa shape index (κ1) is 15.5. The summed E-state index contributed by atoms with van der Waals surface area (Å²) in [7, 11) is 0. The Kier molecular flexibility index (Phi) is 4.76. The first-order valence-electron chi connectivity index (χ1n) is 8.15. The second-order valence-corrected chi connectivity index (χ2v) is 6.53. The average molecular weight is 309 g/mol. The highest BCUT2D eigenvalue weighted by atomic mass is 19.1. The lowest BCUT2D eigenvalue weighted by Gasteiger charge is -2.36. The van der Waals surface area contributed by atoms with Crippen LogP contribution >= 0.6 is 0 Å². The molecule has 2 saturated heterocycles. The lowest BCUT2D eigenvalue weighted by atomic mass is 10.0. The molecule has 1 aromatic heterocycles. The fraction of sp³-hybridized carbons (Fsp3) is 0.750. The molecular weight excluding hydrogens is 285 g/mol. The number of halogens is 1. The van der Waals surface area contributed by atoms with E-state index in [2.05, 4.69) is 10.1 Å². The van der Waals surface area contributed by atoms with E-state index in [0.717, 1.165) is 50.4 Å². The Labute approximate surface area is 130 Å². The van der Waals surface area contributed by atoms with Gasteiger partial charge in [-0.25, -0.2) is 0 Å².